The van der Waals surface area contributed by atoms with Crippen LogP contribution in [0, 0.1) is 12.8 Å². The average molecular weight is 275 g/mol. The fraction of sp³-hybridized carbons (Fsp3) is 0.588. The van der Waals surface area contributed by atoms with Crippen molar-refractivity contribution in [3.05, 3.63) is 35.4 Å². The maximum Gasteiger partial charge on any atom is 0.222 e. The standard InChI is InChI=1S/C17H25NO2/c1-3-15-12-18(10-9-16(15)19)17(20)8-7-14-6-4-5-13(2)11-14/h4-6,11,15-16,19H,3,7-10,12H2,1-2H3. The van der Waals surface area contributed by atoms with Crippen molar-refractivity contribution in [3.8, 4) is 0 Å². The molecular formula is C17H25NO2. The van der Waals surface area contributed by atoms with Crippen molar-refractivity contribution in [1.29, 1.82) is 0 Å². The van der Waals surface area contributed by atoms with Crippen molar-refractivity contribution in [2.45, 2.75) is 45.6 Å². The van der Waals surface area contributed by atoms with Crippen LogP contribution < -0.4 is 0 Å². The summed E-state index contributed by atoms with van der Waals surface area (Å²) in [6, 6.07) is 8.33. The Labute approximate surface area is 121 Å². The molecule has 2 unspecified atom stereocenters. The summed E-state index contributed by atoms with van der Waals surface area (Å²) >= 11 is 0. The Balaban J connectivity index is 1.86. The second-order valence-corrected chi connectivity index (χ2v) is 5.85. The number of hydrogen-bond donors (Lipinski definition) is 1. The lowest BCUT2D eigenvalue weighted by Crippen LogP contribution is -2.45. The zero-order chi connectivity index (χ0) is 14.5. The molecule has 1 aliphatic rings. The van der Waals surface area contributed by atoms with E-state index in [9.17, 15) is 9.90 Å². The Bertz CT molecular complexity index is 458. The molecule has 1 saturated heterocycles. The third kappa shape index (κ3) is 3.83. The van der Waals surface area contributed by atoms with E-state index < -0.39 is 0 Å². The Morgan fingerprint density at radius 2 is 2.25 bits per heavy atom. The third-order valence-corrected chi connectivity index (χ3v) is 4.28. The van der Waals surface area contributed by atoms with Crippen molar-refractivity contribution in [3.63, 3.8) is 0 Å². The summed E-state index contributed by atoms with van der Waals surface area (Å²) in [5, 5.41) is 9.87. The van der Waals surface area contributed by atoms with Crippen LogP contribution in [0.2, 0.25) is 0 Å². The molecule has 0 saturated carbocycles. The van der Waals surface area contributed by atoms with E-state index in [2.05, 4.69) is 32.0 Å². The zero-order valence-electron chi connectivity index (χ0n) is 12.5. The van der Waals surface area contributed by atoms with E-state index in [4.69, 9.17) is 0 Å². The number of likely N-dealkylation sites (tertiary alicyclic amines) is 1. The van der Waals surface area contributed by atoms with Crippen LogP contribution in [0.15, 0.2) is 24.3 Å². The lowest BCUT2D eigenvalue weighted by Gasteiger charge is -2.35. The van der Waals surface area contributed by atoms with Gasteiger partial charge in [0.2, 0.25) is 5.91 Å². The minimum Gasteiger partial charge on any atom is -0.393 e. The van der Waals surface area contributed by atoms with Crippen molar-refractivity contribution >= 4 is 5.91 Å². The fourth-order valence-electron chi connectivity index (χ4n) is 2.92. The van der Waals surface area contributed by atoms with Gasteiger partial charge in [0.1, 0.15) is 0 Å². The quantitative estimate of drug-likeness (QED) is 0.917. The second-order valence-electron chi connectivity index (χ2n) is 5.85. The average Bonchev–Trinajstić information content (AvgIpc) is 2.45. The van der Waals surface area contributed by atoms with Crippen molar-refractivity contribution in [2.75, 3.05) is 13.1 Å². The lowest BCUT2D eigenvalue weighted by atomic mass is 9.92. The number of aliphatic hydroxyl groups excluding tert-OH is 1. The molecular weight excluding hydrogens is 250 g/mol. The monoisotopic (exact) mass is 275 g/mol. The summed E-state index contributed by atoms with van der Waals surface area (Å²) in [6.45, 7) is 5.56. The van der Waals surface area contributed by atoms with Gasteiger partial charge in [0.05, 0.1) is 6.10 Å². The molecule has 2 atom stereocenters. The Morgan fingerprint density at radius 1 is 1.45 bits per heavy atom. The maximum atomic E-state index is 12.3. The van der Waals surface area contributed by atoms with E-state index in [-0.39, 0.29) is 17.9 Å². The predicted molar refractivity (Wildman–Crippen MR) is 80.5 cm³/mol. The van der Waals surface area contributed by atoms with Crippen LogP contribution in [0.1, 0.15) is 37.3 Å². The number of rotatable bonds is 4. The zero-order valence-corrected chi connectivity index (χ0v) is 12.5. The summed E-state index contributed by atoms with van der Waals surface area (Å²) in [7, 11) is 0. The SMILES string of the molecule is CCC1CN(C(=O)CCc2cccc(C)c2)CCC1O. The minimum absolute atomic E-state index is 0.219. The first-order valence-electron chi connectivity index (χ1n) is 7.61. The number of amides is 1. The van der Waals surface area contributed by atoms with Gasteiger partial charge in [-0.1, -0.05) is 36.8 Å². The molecule has 1 aromatic carbocycles. The molecule has 0 bridgehead atoms. The Hall–Kier alpha value is -1.35. The number of aryl methyl sites for hydroxylation is 2. The highest BCUT2D eigenvalue weighted by Gasteiger charge is 2.28. The highest BCUT2D eigenvalue weighted by molar-refractivity contribution is 5.76. The first-order valence-corrected chi connectivity index (χ1v) is 7.61. The Morgan fingerprint density at radius 3 is 2.95 bits per heavy atom. The van der Waals surface area contributed by atoms with Gasteiger partial charge in [0.25, 0.3) is 0 Å². The summed E-state index contributed by atoms with van der Waals surface area (Å²) in [6.07, 6.45) is 2.78. The van der Waals surface area contributed by atoms with Crippen LogP contribution in [0.5, 0.6) is 0 Å². The van der Waals surface area contributed by atoms with Gasteiger partial charge in [0.15, 0.2) is 0 Å². The largest absolute Gasteiger partial charge is 0.393 e. The van der Waals surface area contributed by atoms with E-state index in [1.807, 2.05) is 11.0 Å². The molecule has 1 aromatic rings. The number of carbonyl (C=O) groups is 1. The number of piperidine rings is 1. The van der Waals surface area contributed by atoms with E-state index in [1.165, 1.54) is 11.1 Å². The number of benzene rings is 1. The molecule has 0 aromatic heterocycles. The molecule has 1 aliphatic heterocycles. The first kappa shape index (κ1) is 15.0. The summed E-state index contributed by atoms with van der Waals surface area (Å²) in [5.74, 6) is 0.462. The topological polar surface area (TPSA) is 40.5 Å². The molecule has 1 N–H and O–H groups in total. The molecule has 2 rings (SSSR count). The highest BCUT2D eigenvalue weighted by atomic mass is 16.3. The number of hydrogen-bond acceptors (Lipinski definition) is 2. The van der Waals surface area contributed by atoms with Gasteiger partial charge in [0, 0.05) is 25.4 Å². The predicted octanol–water partition coefficient (Wildman–Crippen LogP) is 2.55. The summed E-state index contributed by atoms with van der Waals surface area (Å²) in [4.78, 5) is 14.2. The number of carbonyl (C=O) groups excluding carboxylic acids is 1. The summed E-state index contributed by atoms with van der Waals surface area (Å²) < 4.78 is 0. The Kier molecular flexibility index (Phi) is 5.18. The summed E-state index contributed by atoms with van der Waals surface area (Å²) in [5.41, 5.74) is 2.46. The minimum atomic E-state index is -0.235. The molecule has 3 heteroatoms. The molecule has 1 heterocycles. The number of nitrogens with zero attached hydrogens (tertiary/aromatic N) is 1. The van der Waals surface area contributed by atoms with Crippen molar-refractivity contribution in [2.24, 2.45) is 5.92 Å². The van der Waals surface area contributed by atoms with Crippen LogP contribution in [-0.4, -0.2) is 35.1 Å². The normalized spacial score (nSPS) is 22.9. The van der Waals surface area contributed by atoms with Crippen molar-refractivity contribution < 1.29 is 9.90 Å². The van der Waals surface area contributed by atoms with Gasteiger partial charge in [-0.25, -0.2) is 0 Å². The van der Waals surface area contributed by atoms with Crippen LogP contribution >= 0.6 is 0 Å². The lowest BCUT2D eigenvalue weighted by molar-refractivity contribution is -0.135. The molecule has 110 valence electrons. The van der Waals surface area contributed by atoms with E-state index >= 15 is 0 Å². The van der Waals surface area contributed by atoms with Gasteiger partial charge in [-0.3, -0.25) is 4.79 Å². The van der Waals surface area contributed by atoms with Gasteiger partial charge < -0.3 is 10.0 Å². The second kappa shape index (κ2) is 6.89. The van der Waals surface area contributed by atoms with E-state index in [0.29, 0.717) is 25.9 Å². The van der Waals surface area contributed by atoms with Crippen LogP contribution in [0.25, 0.3) is 0 Å². The van der Waals surface area contributed by atoms with Crippen LogP contribution in [0.3, 0.4) is 0 Å². The molecule has 0 radical (unpaired) electrons. The number of aliphatic hydroxyl groups is 1. The molecule has 1 amide bonds. The molecule has 1 fully saturated rings. The molecule has 0 aliphatic carbocycles. The maximum absolute atomic E-state index is 12.3. The fourth-order valence-corrected chi connectivity index (χ4v) is 2.92. The van der Waals surface area contributed by atoms with Crippen LogP contribution in [0.4, 0.5) is 0 Å². The van der Waals surface area contributed by atoms with E-state index in [1.54, 1.807) is 0 Å². The van der Waals surface area contributed by atoms with Crippen LogP contribution in [-0.2, 0) is 11.2 Å². The van der Waals surface area contributed by atoms with E-state index in [0.717, 1.165) is 12.8 Å². The third-order valence-electron chi connectivity index (χ3n) is 4.28. The molecule has 20 heavy (non-hydrogen) atoms. The molecule has 3 nitrogen and oxygen atoms in total. The van der Waals surface area contributed by atoms with Gasteiger partial charge >= 0.3 is 0 Å². The van der Waals surface area contributed by atoms with Gasteiger partial charge in [-0.15, -0.1) is 0 Å². The first-order chi connectivity index (χ1) is 9.60. The smallest absolute Gasteiger partial charge is 0.222 e. The van der Waals surface area contributed by atoms with Gasteiger partial charge in [-0.2, -0.15) is 0 Å². The highest BCUT2D eigenvalue weighted by Crippen LogP contribution is 2.21. The van der Waals surface area contributed by atoms with Crippen molar-refractivity contribution in [1.82, 2.24) is 4.90 Å². The molecule has 0 spiro atoms. The van der Waals surface area contributed by atoms with Gasteiger partial charge in [-0.05, 0) is 31.7 Å².